The second kappa shape index (κ2) is 15.2. The number of hydrogen-bond acceptors (Lipinski definition) is 12. The standard InChI is InChI=1S/C31H33F2N7O7S/c1-3-48(43,44)25-8-4-20(5-9-25)26(15-29(41)45-2)38-30(42)21-6-10-27(34-16-21)39-18-24(14-23(39)19-46-31(32)33)47-28-11-7-22(17-35-28)40-36-12-13-37-40/h4-13,16-17,23-24,26,31H,3,14-15,18-19H2,1-2H3,(H,38,42)/t23-,24-,26?/m0/s1. The number of nitrogens with zero attached hydrogens (tertiary/aromatic N) is 6. The maximum atomic E-state index is 13.2. The molecular weight excluding hydrogens is 652 g/mol. The number of pyridine rings is 2. The van der Waals surface area contributed by atoms with Crippen molar-refractivity contribution in [2.75, 3.05) is 30.9 Å². The molecule has 0 aliphatic carbocycles. The second-order valence-corrected chi connectivity index (χ2v) is 13.0. The summed E-state index contributed by atoms with van der Waals surface area (Å²) in [4.78, 5) is 37.4. The van der Waals surface area contributed by atoms with Crippen LogP contribution in [0.4, 0.5) is 14.6 Å². The summed E-state index contributed by atoms with van der Waals surface area (Å²) >= 11 is 0. The number of nitrogens with one attached hydrogen (secondary N) is 1. The molecule has 0 bridgehead atoms. The second-order valence-electron chi connectivity index (χ2n) is 10.7. The van der Waals surface area contributed by atoms with Crippen molar-refractivity contribution < 1.29 is 41.0 Å². The zero-order valence-electron chi connectivity index (χ0n) is 26.0. The number of rotatable bonds is 14. The van der Waals surface area contributed by atoms with Gasteiger partial charge < -0.3 is 24.4 Å². The Labute approximate surface area is 275 Å². The lowest BCUT2D eigenvalue weighted by molar-refractivity contribution is -0.141. The van der Waals surface area contributed by atoms with Crippen LogP contribution in [0.25, 0.3) is 5.69 Å². The number of benzene rings is 1. The number of aromatic nitrogens is 5. The Morgan fingerprint density at radius 2 is 1.77 bits per heavy atom. The molecule has 1 aromatic carbocycles. The summed E-state index contributed by atoms with van der Waals surface area (Å²) in [5.74, 6) is -0.461. The largest absolute Gasteiger partial charge is 0.472 e. The molecule has 1 amide bonds. The zero-order valence-corrected chi connectivity index (χ0v) is 26.8. The summed E-state index contributed by atoms with van der Waals surface area (Å²) in [5.41, 5.74) is 1.30. The van der Waals surface area contributed by atoms with E-state index in [0.717, 1.165) is 0 Å². The molecule has 3 aromatic heterocycles. The van der Waals surface area contributed by atoms with Gasteiger partial charge in [-0.15, -0.1) is 0 Å². The number of ether oxygens (including phenoxy) is 3. The van der Waals surface area contributed by atoms with Crippen molar-refractivity contribution in [1.29, 1.82) is 0 Å². The molecule has 0 radical (unpaired) electrons. The van der Waals surface area contributed by atoms with Crippen LogP contribution in [0.2, 0.25) is 0 Å². The van der Waals surface area contributed by atoms with E-state index in [1.165, 1.54) is 55.4 Å². The van der Waals surface area contributed by atoms with Gasteiger partial charge in [-0.2, -0.15) is 23.8 Å². The van der Waals surface area contributed by atoms with Crippen LogP contribution in [0, 0.1) is 0 Å². The number of amides is 1. The Hall–Kier alpha value is -5.03. The van der Waals surface area contributed by atoms with Crippen LogP contribution in [0.3, 0.4) is 0 Å². The van der Waals surface area contributed by atoms with Crippen molar-refractivity contribution in [3.8, 4) is 11.6 Å². The Morgan fingerprint density at radius 1 is 1.02 bits per heavy atom. The molecule has 48 heavy (non-hydrogen) atoms. The third-order valence-electron chi connectivity index (χ3n) is 7.68. The fourth-order valence-corrected chi connectivity index (χ4v) is 6.05. The molecule has 5 rings (SSSR count). The monoisotopic (exact) mass is 685 g/mol. The summed E-state index contributed by atoms with van der Waals surface area (Å²) in [6, 6.07) is 11.1. The van der Waals surface area contributed by atoms with E-state index in [1.54, 1.807) is 41.7 Å². The number of hydrogen-bond donors (Lipinski definition) is 1. The van der Waals surface area contributed by atoms with Crippen molar-refractivity contribution >= 4 is 27.5 Å². The molecule has 14 nitrogen and oxygen atoms in total. The van der Waals surface area contributed by atoms with Gasteiger partial charge in [0.2, 0.25) is 5.88 Å². The normalized spacial score (nSPS) is 16.9. The van der Waals surface area contributed by atoms with Gasteiger partial charge in [-0.1, -0.05) is 19.1 Å². The first-order chi connectivity index (χ1) is 23.1. The van der Waals surface area contributed by atoms with Gasteiger partial charge in [0.05, 0.1) is 73.6 Å². The number of sulfone groups is 1. The first kappa shape index (κ1) is 34.3. The highest BCUT2D eigenvalue weighted by Crippen LogP contribution is 2.28. The third kappa shape index (κ3) is 8.46. The number of alkyl halides is 2. The summed E-state index contributed by atoms with van der Waals surface area (Å²) in [5, 5.41) is 10.9. The van der Waals surface area contributed by atoms with Crippen LogP contribution in [0.1, 0.15) is 41.7 Å². The number of halogens is 2. The lowest BCUT2D eigenvalue weighted by atomic mass is 10.0. The predicted molar refractivity (Wildman–Crippen MR) is 167 cm³/mol. The third-order valence-corrected chi connectivity index (χ3v) is 9.43. The van der Waals surface area contributed by atoms with E-state index in [4.69, 9.17) is 9.47 Å². The van der Waals surface area contributed by atoms with E-state index >= 15 is 0 Å². The summed E-state index contributed by atoms with van der Waals surface area (Å²) in [6.45, 7) is -1.42. The van der Waals surface area contributed by atoms with Gasteiger partial charge in [0.25, 0.3) is 5.91 Å². The SMILES string of the molecule is CCS(=O)(=O)c1ccc(C(CC(=O)OC)NC(=O)c2ccc(N3C[C@@H](Oc4ccc(-n5nccn5)cn4)C[C@H]3COC(F)F)nc2)cc1. The molecule has 3 atom stereocenters. The molecule has 0 spiro atoms. The molecule has 17 heteroatoms. The molecule has 1 N–H and O–H groups in total. The molecule has 1 aliphatic heterocycles. The highest BCUT2D eigenvalue weighted by Gasteiger charge is 2.35. The first-order valence-corrected chi connectivity index (χ1v) is 16.5. The maximum absolute atomic E-state index is 13.2. The zero-order chi connectivity index (χ0) is 34.3. The quantitative estimate of drug-likeness (QED) is 0.193. The van der Waals surface area contributed by atoms with Gasteiger partial charge >= 0.3 is 12.6 Å². The fourth-order valence-electron chi connectivity index (χ4n) is 5.17. The van der Waals surface area contributed by atoms with Crippen LogP contribution >= 0.6 is 0 Å². The van der Waals surface area contributed by atoms with Crippen LogP contribution in [-0.2, 0) is 24.1 Å². The van der Waals surface area contributed by atoms with Crippen molar-refractivity contribution in [1.82, 2.24) is 30.3 Å². The van der Waals surface area contributed by atoms with Crippen LogP contribution in [0.15, 0.2) is 78.2 Å². The van der Waals surface area contributed by atoms with Gasteiger partial charge in [-0.3, -0.25) is 9.59 Å². The van der Waals surface area contributed by atoms with E-state index in [9.17, 15) is 26.8 Å². The smallest absolute Gasteiger partial charge is 0.345 e. The van der Waals surface area contributed by atoms with Gasteiger partial charge in [-0.05, 0) is 35.9 Å². The van der Waals surface area contributed by atoms with Crippen molar-refractivity contribution in [3.63, 3.8) is 0 Å². The molecule has 4 heterocycles. The van der Waals surface area contributed by atoms with E-state index in [2.05, 4.69) is 30.2 Å². The molecule has 254 valence electrons. The van der Waals surface area contributed by atoms with Crippen molar-refractivity contribution in [2.24, 2.45) is 0 Å². The Balaban J connectivity index is 1.28. The molecule has 1 aliphatic rings. The van der Waals surface area contributed by atoms with Crippen LogP contribution in [-0.4, -0.2) is 90.0 Å². The van der Waals surface area contributed by atoms with Crippen molar-refractivity contribution in [2.45, 2.75) is 49.5 Å². The van der Waals surface area contributed by atoms with E-state index < -0.39 is 46.5 Å². The number of carbonyl (C=O) groups is 2. The minimum atomic E-state index is -3.44. The minimum Gasteiger partial charge on any atom is -0.472 e. The fraction of sp³-hybridized carbons (Fsp3) is 0.355. The number of anilines is 1. The molecule has 0 saturated carbocycles. The topological polar surface area (TPSA) is 168 Å². The van der Waals surface area contributed by atoms with E-state index in [0.29, 0.717) is 29.4 Å². The van der Waals surface area contributed by atoms with Crippen LogP contribution in [0.5, 0.6) is 5.88 Å². The average molecular weight is 686 g/mol. The Kier molecular flexibility index (Phi) is 10.9. The molecule has 1 fully saturated rings. The number of carbonyl (C=O) groups excluding carboxylic acids is 2. The Morgan fingerprint density at radius 3 is 2.38 bits per heavy atom. The van der Waals surface area contributed by atoms with E-state index in [1.807, 2.05) is 0 Å². The molecular formula is C31H33F2N7O7S. The maximum Gasteiger partial charge on any atom is 0.345 e. The van der Waals surface area contributed by atoms with Gasteiger partial charge in [0.1, 0.15) is 17.6 Å². The van der Waals surface area contributed by atoms with Crippen LogP contribution < -0.4 is 15.0 Å². The summed E-state index contributed by atoms with van der Waals surface area (Å²) in [7, 11) is -2.22. The number of methoxy groups -OCH3 is 1. The number of esters is 1. The average Bonchev–Trinajstić information content (AvgIpc) is 3.78. The molecule has 1 saturated heterocycles. The summed E-state index contributed by atoms with van der Waals surface area (Å²) in [6.07, 6.45) is 5.67. The molecule has 1 unspecified atom stereocenters. The Bertz CT molecular complexity index is 1780. The molecule has 4 aromatic rings. The lowest BCUT2D eigenvalue weighted by Gasteiger charge is -2.25. The highest BCUT2D eigenvalue weighted by molar-refractivity contribution is 7.91. The lowest BCUT2D eigenvalue weighted by Crippen LogP contribution is -2.35. The van der Waals surface area contributed by atoms with E-state index in [-0.39, 0.29) is 35.8 Å². The highest BCUT2D eigenvalue weighted by atomic mass is 32.2. The first-order valence-electron chi connectivity index (χ1n) is 14.9. The van der Waals surface area contributed by atoms with Crippen molar-refractivity contribution in [3.05, 3.63) is 84.4 Å². The van der Waals surface area contributed by atoms with Gasteiger partial charge in [0, 0.05) is 18.7 Å². The summed E-state index contributed by atoms with van der Waals surface area (Å²) < 4.78 is 65.8. The predicted octanol–water partition coefficient (Wildman–Crippen LogP) is 3.15. The van der Waals surface area contributed by atoms with Gasteiger partial charge in [0.15, 0.2) is 9.84 Å². The van der Waals surface area contributed by atoms with Gasteiger partial charge in [-0.25, -0.2) is 18.4 Å². The minimum absolute atomic E-state index is 0.0702.